The Morgan fingerprint density at radius 2 is 1.77 bits per heavy atom. The fraction of sp³-hybridized carbons (Fsp3) is 0.600. The number of amides is 1. The number of rotatable bonds is 4. The first-order valence-electron chi connectivity index (χ1n) is 9.44. The van der Waals surface area contributed by atoms with E-state index in [2.05, 4.69) is 53.6 Å². The Kier molecular flexibility index (Phi) is 7.01. The minimum absolute atomic E-state index is 0.117. The first-order valence-corrected chi connectivity index (χ1v) is 9.85. The third-order valence-electron chi connectivity index (χ3n) is 4.51. The second-order valence-corrected chi connectivity index (χ2v) is 8.81. The van der Waals surface area contributed by atoms with Crippen molar-refractivity contribution in [3.63, 3.8) is 0 Å². The Morgan fingerprint density at radius 1 is 1.19 bits per heavy atom. The molecule has 0 atom stereocenters. The van der Waals surface area contributed by atoms with E-state index in [4.69, 9.17) is 12.2 Å². The molecule has 26 heavy (non-hydrogen) atoms. The first-order chi connectivity index (χ1) is 12.1. The van der Waals surface area contributed by atoms with Gasteiger partial charge in [0.15, 0.2) is 11.7 Å². The van der Waals surface area contributed by atoms with Crippen LogP contribution in [-0.2, 0) is 4.79 Å². The SMILES string of the molecule is CC(C)c1ccc(NC(=S)N2CC[NH+](CC(=O)NC(C)(C)C)CC2)cc1. The molecule has 1 aliphatic heterocycles. The summed E-state index contributed by atoms with van der Waals surface area (Å²) in [6, 6.07) is 8.46. The topological polar surface area (TPSA) is 48.8 Å². The fourth-order valence-electron chi connectivity index (χ4n) is 3.05. The van der Waals surface area contributed by atoms with Crippen LogP contribution in [-0.4, -0.2) is 54.2 Å². The van der Waals surface area contributed by atoms with Crippen molar-refractivity contribution in [2.45, 2.75) is 46.1 Å². The molecule has 1 aliphatic rings. The molecule has 5 nitrogen and oxygen atoms in total. The number of carbonyl (C=O) groups excluding carboxylic acids is 1. The first kappa shape index (κ1) is 20.6. The minimum atomic E-state index is -0.172. The summed E-state index contributed by atoms with van der Waals surface area (Å²) >= 11 is 5.56. The molecule has 0 aliphatic carbocycles. The number of anilines is 1. The molecule has 0 aromatic heterocycles. The fourth-order valence-corrected chi connectivity index (χ4v) is 3.35. The zero-order chi connectivity index (χ0) is 19.3. The van der Waals surface area contributed by atoms with Crippen LogP contribution in [0.2, 0.25) is 0 Å². The molecule has 1 saturated heterocycles. The third kappa shape index (κ3) is 6.57. The molecule has 2 rings (SSSR count). The Labute approximate surface area is 163 Å². The number of hydrogen-bond donors (Lipinski definition) is 3. The second-order valence-electron chi connectivity index (χ2n) is 8.42. The van der Waals surface area contributed by atoms with E-state index >= 15 is 0 Å². The lowest BCUT2D eigenvalue weighted by Gasteiger charge is -2.34. The van der Waals surface area contributed by atoms with Gasteiger partial charge in [0, 0.05) is 11.2 Å². The lowest BCUT2D eigenvalue weighted by atomic mass is 10.0. The maximum Gasteiger partial charge on any atom is 0.275 e. The van der Waals surface area contributed by atoms with E-state index < -0.39 is 0 Å². The average molecular weight is 378 g/mol. The average Bonchev–Trinajstić information content (AvgIpc) is 2.54. The van der Waals surface area contributed by atoms with Crippen LogP contribution in [0.15, 0.2) is 24.3 Å². The van der Waals surface area contributed by atoms with E-state index in [9.17, 15) is 4.79 Å². The zero-order valence-corrected chi connectivity index (χ0v) is 17.5. The summed E-state index contributed by atoms with van der Waals surface area (Å²) in [6.45, 7) is 14.5. The van der Waals surface area contributed by atoms with Gasteiger partial charge in [0.2, 0.25) is 0 Å². The van der Waals surface area contributed by atoms with E-state index in [-0.39, 0.29) is 11.4 Å². The molecule has 1 amide bonds. The van der Waals surface area contributed by atoms with Gasteiger partial charge in [-0.3, -0.25) is 4.79 Å². The highest BCUT2D eigenvalue weighted by Crippen LogP contribution is 2.17. The molecule has 1 fully saturated rings. The molecule has 1 heterocycles. The Morgan fingerprint density at radius 3 is 2.27 bits per heavy atom. The van der Waals surface area contributed by atoms with Crippen LogP contribution in [0.5, 0.6) is 0 Å². The number of piperazine rings is 1. The predicted octanol–water partition coefficient (Wildman–Crippen LogP) is 1.62. The van der Waals surface area contributed by atoms with Gasteiger partial charge >= 0.3 is 0 Å². The van der Waals surface area contributed by atoms with E-state index in [0.29, 0.717) is 12.5 Å². The van der Waals surface area contributed by atoms with Crippen molar-refractivity contribution in [1.29, 1.82) is 0 Å². The van der Waals surface area contributed by atoms with E-state index in [1.54, 1.807) is 0 Å². The molecule has 0 spiro atoms. The van der Waals surface area contributed by atoms with Crippen molar-refractivity contribution in [2.24, 2.45) is 0 Å². The second kappa shape index (κ2) is 8.82. The molecule has 0 bridgehead atoms. The van der Waals surface area contributed by atoms with Crippen molar-refractivity contribution in [3.8, 4) is 0 Å². The van der Waals surface area contributed by atoms with Gasteiger partial charge in [0.1, 0.15) is 0 Å². The monoisotopic (exact) mass is 377 g/mol. The van der Waals surface area contributed by atoms with Crippen LogP contribution < -0.4 is 15.5 Å². The van der Waals surface area contributed by atoms with Crippen molar-refractivity contribution in [3.05, 3.63) is 29.8 Å². The van der Waals surface area contributed by atoms with Gasteiger partial charge in [0.05, 0.1) is 26.2 Å². The van der Waals surface area contributed by atoms with Gasteiger partial charge in [-0.05, 0) is 56.6 Å². The van der Waals surface area contributed by atoms with Crippen LogP contribution in [0.25, 0.3) is 0 Å². The number of hydrogen-bond acceptors (Lipinski definition) is 2. The van der Waals surface area contributed by atoms with Crippen molar-refractivity contribution in [2.75, 3.05) is 38.0 Å². The van der Waals surface area contributed by atoms with Crippen molar-refractivity contribution < 1.29 is 9.69 Å². The number of benzene rings is 1. The molecule has 144 valence electrons. The highest BCUT2D eigenvalue weighted by molar-refractivity contribution is 7.80. The number of nitrogens with one attached hydrogen (secondary N) is 3. The highest BCUT2D eigenvalue weighted by Gasteiger charge is 2.25. The van der Waals surface area contributed by atoms with Gasteiger partial charge in [-0.2, -0.15) is 0 Å². The van der Waals surface area contributed by atoms with Gasteiger partial charge in [-0.25, -0.2) is 0 Å². The molecular weight excluding hydrogens is 344 g/mol. The number of nitrogens with zero attached hydrogens (tertiary/aromatic N) is 1. The summed E-state index contributed by atoms with van der Waals surface area (Å²) in [5, 5.41) is 7.13. The molecule has 0 saturated carbocycles. The number of carbonyl (C=O) groups is 1. The lowest BCUT2D eigenvalue weighted by molar-refractivity contribution is -0.895. The van der Waals surface area contributed by atoms with Crippen LogP contribution in [0.3, 0.4) is 0 Å². The normalized spacial score (nSPS) is 15.8. The predicted molar refractivity (Wildman–Crippen MR) is 112 cm³/mol. The van der Waals surface area contributed by atoms with E-state index in [1.165, 1.54) is 10.5 Å². The van der Waals surface area contributed by atoms with Gasteiger partial charge in [-0.15, -0.1) is 0 Å². The largest absolute Gasteiger partial charge is 0.347 e. The number of quaternary nitrogens is 1. The van der Waals surface area contributed by atoms with E-state index in [0.717, 1.165) is 37.0 Å². The van der Waals surface area contributed by atoms with Gasteiger partial charge in [0.25, 0.3) is 5.91 Å². The Balaban J connectivity index is 1.78. The molecule has 0 unspecified atom stereocenters. The summed E-state index contributed by atoms with van der Waals surface area (Å²) in [7, 11) is 0. The standard InChI is InChI=1S/C20H32N4OS/c1-15(2)16-6-8-17(9-7-16)21-19(26)24-12-10-23(11-13-24)14-18(25)22-20(3,4)5/h6-9,15H,10-14H2,1-5H3,(H,21,26)(H,22,25)/p+1. The minimum Gasteiger partial charge on any atom is -0.347 e. The van der Waals surface area contributed by atoms with Crippen molar-refractivity contribution in [1.82, 2.24) is 10.2 Å². The van der Waals surface area contributed by atoms with Crippen LogP contribution in [0.1, 0.15) is 46.1 Å². The molecule has 3 N–H and O–H groups in total. The number of thiocarbonyl (C=S) groups is 1. The smallest absolute Gasteiger partial charge is 0.275 e. The quantitative estimate of drug-likeness (QED) is 0.698. The summed E-state index contributed by atoms with van der Waals surface area (Å²) in [5.41, 5.74) is 2.18. The van der Waals surface area contributed by atoms with Crippen molar-refractivity contribution >= 4 is 28.9 Å². The Hall–Kier alpha value is -1.66. The van der Waals surface area contributed by atoms with Gasteiger partial charge < -0.3 is 20.4 Å². The summed E-state index contributed by atoms with van der Waals surface area (Å²) < 4.78 is 0. The summed E-state index contributed by atoms with van der Waals surface area (Å²) in [6.07, 6.45) is 0. The maximum absolute atomic E-state index is 12.1. The lowest BCUT2D eigenvalue weighted by Crippen LogP contribution is -3.16. The maximum atomic E-state index is 12.1. The summed E-state index contributed by atoms with van der Waals surface area (Å²) in [5.74, 6) is 0.648. The molecule has 1 aromatic rings. The highest BCUT2D eigenvalue weighted by atomic mass is 32.1. The molecule has 0 radical (unpaired) electrons. The summed E-state index contributed by atoms with van der Waals surface area (Å²) in [4.78, 5) is 15.6. The molecular formula is C20H33N4OS+. The third-order valence-corrected chi connectivity index (χ3v) is 4.87. The van der Waals surface area contributed by atoms with Crippen LogP contribution >= 0.6 is 12.2 Å². The van der Waals surface area contributed by atoms with Crippen LogP contribution in [0.4, 0.5) is 5.69 Å². The van der Waals surface area contributed by atoms with Crippen LogP contribution in [0, 0.1) is 0 Å². The zero-order valence-electron chi connectivity index (χ0n) is 16.7. The van der Waals surface area contributed by atoms with Gasteiger partial charge in [-0.1, -0.05) is 26.0 Å². The molecule has 6 heteroatoms. The van der Waals surface area contributed by atoms with E-state index in [1.807, 2.05) is 20.8 Å². The molecule has 1 aromatic carbocycles. The Bertz CT molecular complexity index is 614.